The Balaban J connectivity index is 0.00000363. The van der Waals surface area contributed by atoms with Crippen LogP contribution in [0.3, 0.4) is 0 Å². The van der Waals surface area contributed by atoms with Crippen LogP contribution in [0.15, 0.2) is 52.1 Å². The van der Waals surface area contributed by atoms with Gasteiger partial charge in [0.05, 0.1) is 26.0 Å². The highest BCUT2D eigenvalue weighted by molar-refractivity contribution is 14.0. The number of hydrogen-bond donors (Lipinski definition) is 3. The van der Waals surface area contributed by atoms with E-state index in [0.29, 0.717) is 25.2 Å². The smallest absolute Gasteiger partial charge is 0.251 e. The lowest BCUT2D eigenvalue weighted by molar-refractivity contribution is 0.0954. The van der Waals surface area contributed by atoms with Gasteiger partial charge in [-0.05, 0) is 69.3 Å². The van der Waals surface area contributed by atoms with Gasteiger partial charge in [0, 0.05) is 25.2 Å². The van der Waals surface area contributed by atoms with Gasteiger partial charge in [-0.2, -0.15) is 0 Å². The number of carbonyl (C=O) groups is 1. The van der Waals surface area contributed by atoms with Crippen LogP contribution in [0.4, 0.5) is 0 Å². The highest BCUT2D eigenvalue weighted by Crippen LogP contribution is 2.25. The summed E-state index contributed by atoms with van der Waals surface area (Å²) in [5.74, 6) is 2.30. The number of amides is 1. The molecule has 1 amide bonds. The van der Waals surface area contributed by atoms with E-state index in [0.717, 1.165) is 37.1 Å². The number of benzene rings is 1. The average Bonchev–Trinajstić information content (AvgIpc) is 3.52. The largest absolute Gasteiger partial charge is 0.497 e. The van der Waals surface area contributed by atoms with Crippen molar-refractivity contribution < 1.29 is 13.9 Å². The molecule has 1 aromatic heterocycles. The minimum atomic E-state index is -0.113. The fourth-order valence-electron chi connectivity index (χ4n) is 3.64. The number of methoxy groups -OCH3 is 1. The number of hydrogen-bond acceptors (Lipinski definition) is 5. The van der Waals surface area contributed by atoms with E-state index in [-0.39, 0.29) is 35.9 Å². The first-order valence-corrected chi connectivity index (χ1v) is 10.9. The van der Waals surface area contributed by atoms with Crippen LogP contribution in [0.25, 0.3) is 0 Å². The molecule has 0 radical (unpaired) electrons. The molecule has 2 aromatic rings. The minimum absolute atomic E-state index is 0. The lowest BCUT2D eigenvalue weighted by atomic mass is 10.2. The quantitative estimate of drug-likeness (QED) is 0.181. The van der Waals surface area contributed by atoms with E-state index < -0.39 is 0 Å². The van der Waals surface area contributed by atoms with E-state index in [9.17, 15) is 4.79 Å². The second-order valence-corrected chi connectivity index (χ2v) is 7.41. The highest BCUT2D eigenvalue weighted by Gasteiger charge is 2.25. The number of likely N-dealkylation sites (tertiary alicyclic amines) is 1. The van der Waals surface area contributed by atoms with Crippen LogP contribution in [0.5, 0.6) is 5.75 Å². The fourth-order valence-corrected chi connectivity index (χ4v) is 3.64. The fraction of sp³-hybridized carbons (Fsp3) is 0.478. The topological polar surface area (TPSA) is 91.1 Å². The molecule has 1 aliphatic heterocycles. The summed E-state index contributed by atoms with van der Waals surface area (Å²) in [5.41, 5.74) is 0.605. The van der Waals surface area contributed by atoms with Crippen molar-refractivity contribution in [2.75, 3.05) is 46.4 Å². The summed E-state index contributed by atoms with van der Waals surface area (Å²) in [5, 5.41) is 9.48. The second-order valence-electron chi connectivity index (χ2n) is 7.41. The molecule has 0 bridgehead atoms. The van der Waals surface area contributed by atoms with Crippen molar-refractivity contribution in [2.24, 2.45) is 4.99 Å². The second kappa shape index (κ2) is 14.0. The van der Waals surface area contributed by atoms with Crippen molar-refractivity contribution in [3.8, 4) is 5.75 Å². The Morgan fingerprint density at radius 1 is 1.12 bits per heavy atom. The number of furan rings is 1. The summed E-state index contributed by atoms with van der Waals surface area (Å²) >= 11 is 0. The molecule has 1 fully saturated rings. The lowest BCUT2D eigenvalue weighted by Crippen LogP contribution is -2.42. The predicted octanol–water partition coefficient (Wildman–Crippen LogP) is 3.03. The Labute approximate surface area is 207 Å². The van der Waals surface area contributed by atoms with Crippen molar-refractivity contribution >= 4 is 35.8 Å². The number of halogens is 1. The summed E-state index contributed by atoms with van der Waals surface area (Å²) in [6, 6.07) is 11.1. The van der Waals surface area contributed by atoms with Gasteiger partial charge in [-0.15, -0.1) is 24.0 Å². The number of aliphatic imine (C=N–C) groups is 1. The Bertz CT molecular complexity index is 821. The van der Waals surface area contributed by atoms with Gasteiger partial charge >= 0.3 is 0 Å². The monoisotopic (exact) mass is 555 g/mol. The highest BCUT2D eigenvalue weighted by atomic mass is 127. The molecular formula is C23H34IN5O3. The lowest BCUT2D eigenvalue weighted by Gasteiger charge is -2.24. The number of rotatable bonds is 10. The van der Waals surface area contributed by atoms with Crippen molar-refractivity contribution in [1.29, 1.82) is 0 Å². The Morgan fingerprint density at radius 3 is 2.47 bits per heavy atom. The molecule has 8 nitrogen and oxygen atoms in total. The summed E-state index contributed by atoms with van der Waals surface area (Å²) in [6.45, 7) is 6.61. The van der Waals surface area contributed by atoms with E-state index in [1.807, 2.05) is 19.1 Å². The Hall–Kier alpha value is -2.27. The molecule has 2 heterocycles. The Morgan fingerprint density at radius 2 is 1.84 bits per heavy atom. The van der Waals surface area contributed by atoms with Gasteiger partial charge in [0.2, 0.25) is 0 Å². The maximum atomic E-state index is 12.3. The molecule has 0 aliphatic carbocycles. The molecule has 0 spiro atoms. The maximum Gasteiger partial charge on any atom is 0.251 e. The number of guanidine groups is 1. The molecule has 176 valence electrons. The first-order valence-electron chi connectivity index (χ1n) is 10.9. The van der Waals surface area contributed by atoms with E-state index in [1.54, 1.807) is 37.6 Å². The van der Waals surface area contributed by atoms with E-state index in [1.165, 1.54) is 12.8 Å². The van der Waals surface area contributed by atoms with Crippen molar-refractivity contribution in [2.45, 2.75) is 25.8 Å². The molecule has 0 saturated carbocycles. The number of nitrogens with zero attached hydrogens (tertiary/aromatic N) is 2. The van der Waals surface area contributed by atoms with Gasteiger partial charge in [-0.25, -0.2) is 0 Å². The first kappa shape index (κ1) is 26.0. The number of nitrogens with one attached hydrogen (secondary N) is 3. The number of ether oxygens (including phenoxy) is 1. The van der Waals surface area contributed by atoms with E-state index in [2.05, 4.69) is 20.9 Å². The standard InChI is InChI=1S/C23H33N5O3.HI/c1-3-24-23(26-13-12-25-22(29)18-8-10-19(30-2)11-9-18)27-17-20(21-7-6-16-31-21)28-14-4-5-15-28;/h6-11,16,20H,3-5,12-15,17H2,1-2H3,(H,25,29)(H2,24,26,27);1H. The van der Waals surface area contributed by atoms with Gasteiger partial charge in [0.15, 0.2) is 5.96 Å². The maximum absolute atomic E-state index is 12.3. The van der Waals surface area contributed by atoms with Crippen LogP contribution in [0, 0.1) is 0 Å². The van der Waals surface area contributed by atoms with Gasteiger partial charge in [-0.3, -0.25) is 14.7 Å². The van der Waals surface area contributed by atoms with Crippen LogP contribution in [-0.4, -0.2) is 63.1 Å². The summed E-state index contributed by atoms with van der Waals surface area (Å²) in [7, 11) is 1.60. The molecule has 1 unspecified atom stereocenters. The van der Waals surface area contributed by atoms with Gasteiger partial charge in [0.1, 0.15) is 11.5 Å². The molecule has 1 saturated heterocycles. The minimum Gasteiger partial charge on any atom is -0.497 e. The van der Waals surface area contributed by atoms with Crippen LogP contribution in [0.1, 0.15) is 41.9 Å². The van der Waals surface area contributed by atoms with Gasteiger partial charge in [-0.1, -0.05) is 0 Å². The van der Waals surface area contributed by atoms with Gasteiger partial charge < -0.3 is 25.1 Å². The summed E-state index contributed by atoms with van der Waals surface area (Å²) in [6.07, 6.45) is 4.15. The molecule has 1 aliphatic rings. The normalized spacial score (nSPS) is 15.0. The van der Waals surface area contributed by atoms with Crippen LogP contribution < -0.4 is 20.7 Å². The van der Waals surface area contributed by atoms with E-state index >= 15 is 0 Å². The van der Waals surface area contributed by atoms with Crippen molar-refractivity contribution in [1.82, 2.24) is 20.9 Å². The zero-order valence-electron chi connectivity index (χ0n) is 18.8. The zero-order chi connectivity index (χ0) is 21.9. The molecule has 3 rings (SSSR count). The molecule has 32 heavy (non-hydrogen) atoms. The summed E-state index contributed by atoms with van der Waals surface area (Å²) < 4.78 is 10.8. The molecule has 9 heteroatoms. The average molecular weight is 555 g/mol. The molecular weight excluding hydrogens is 521 g/mol. The third-order valence-corrected chi connectivity index (χ3v) is 5.27. The molecule has 1 atom stereocenters. The molecule has 1 aromatic carbocycles. The van der Waals surface area contributed by atoms with Crippen LogP contribution in [0.2, 0.25) is 0 Å². The zero-order valence-corrected chi connectivity index (χ0v) is 21.1. The van der Waals surface area contributed by atoms with Crippen LogP contribution in [-0.2, 0) is 0 Å². The first-order chi connectivity index (χ1) is 15.2. The van der Waals surface area contributed by atoms with Crippen LogP contribution >= 0.6 is 24.0 Å². The van der Waals surface area contributed by atoms with Crippen molar-refractivity contribution in [3.05, 3.63) is 54.0 Å². The van der Waals surface area contributed by atoms with E-state index in [4.69, 9.17) is 14.1 Å². The van der Waals surface area contributed by atoms with Crippen molar-refractivity contribution in [3.63, 3.8) is 0 Å². The predicted molar refractivity (Wildman–Crippen MR) is 137 cm³/mol. The number of carbonyl (C=O) groups excluding carboxylic acids is 1. The van der Waals surface area contributed by atoms with Gasteiger partial charge in [0.25, 0.3) is 5.91 Å². The molecule has 3 N–H and O–H groups in total. The third kappa shape index (κ3) is 7.70. The third-order valence-electron chi connectivity index (χ3n) is 5.27. The Kier molecular flexibility index (Phi) is 11.4. The SMILES string of the molecule is CCNC(=NCC(c1ccco1)N1CCCC1)NCCNC(=O)c1ccc(OC)cc1.I. The summed E-state index contributed by atoms with van der Waals surface area (Å²) in [4.78, 5) is 19.5.